The van der Waals surface area contributed by atoms with E-state index < -0.39 is 0 Å². The molecule has 2 aliphatic heterocycles. The van der Waals surface area contributed by atoms with Crippen LogP contribution in [0.5, 0.6) is 0 Å². The van der Waals surface area contributed by atoms with Crippen LogP contribution < -0.4 is 0 Å². The molecular weight excluding hydrogens is 479 g/mol. The number of fused-ring (bicyclic) bond motifs is 3. The Morgan fingerprint density at radius 1 is 1.21 bits per heavy atom. The highest BCUT2D eigenvalue weighted by molar-refractivity contribution is 6.42. The minimum Gasteiger partial charge on any atom is -0.337 e. The van der Waals surface area contributed by atoms with E-state index in [0.29, 0.717) is 59.2 Å². The second kappa shape index (κ2) is 8.09. The standard InChI is InChI=1S/C23H22Cl2N6O3/c1-12-8-18-15(10-30(12)22(32)14-4-5-16(24)17(25)9-14)20-23(33)29(6-7-31(20)27-18)11-19-26-21(28-34-19)13-2-3-13/h4-5,9,12-13H,2-3,6-8,10-11H2,1H3/t12-/m1/s1. The van der Waals surface area contributed by atoms with E-state index in [1.54, 1.807) is 32.7 Å². The molecule has 1 atom stereocenters. The summed E-state index contributed by atoms with van der Waals surface area (Å²) in [5, 5.41) is 9.48. The Balaban J connectivity index is 1.25. The van der Waals surface area contributed by atoms with Gasteiger partial charge in [-0.1, -0.05) is 28.4 Å². The van der Waals surface area contributed by atoms with Crippen LogP contribution in [0.3, 0.4) is 0 Å². The van der Waals surface area contributed by atoms with E-state index in [-0.39, 0.29) is 24.4 Å². The molecule has 3 aromatic rings. The van der Waals surface area contributed by atoms with Gasteiger partial charge in [-0.2, -0.15) is 10.1 Å². The molecule has 2 amide bonds. The van der Waals surface area contributed by atoms with Crippen molar-refractivity contribution in [2.75, 3.05) is 6.54 Å². The van der Waals surface area contributed by atoms with Gasteiger partial charge in [0.1, 0.15) is 12.2 Å². The summed E-state index contributed by atoms with van der Waals surface area (Å²) < 4.78 is 7.15. The molecule has 0 N–H and O–H groups in total. The first-order valence-corrected chi connectivity index (χ1v) is 12.1. The van der Waals surface area contributed by atoms with E-state index in [9.17, 15) is 9.59 Å². The zero-order valence-electron chi connectivity index (χ0n) is 18.5. The third-order valence-corrected chi connectivity index (χ3v) is 7.47. The molecule has 176 valence electrons. The predicted octanol–water partition coefficient (Wildman–Crippen LogP) is 3.69. The van der Waals surface area contributed by atoms with Crippen LogP contribution in [0, 0.1) is 0 Å². The topological polar surface area (TPSA) is 97.4 Å². The Bertz CT molecular complexity index is 1310. The second-order valence-corrected chi connectivity index (χ2v) is 9.97. The summed E-state index contributed by atoms with van der Waals surface area (Å²) in [6, 6.07) is 4.79. The molecule has 6 rings (SSSR count). The first-order valence-electron chi connectivity index (χ1n) is 11.4. The molecular formula is C23H22Cl2N6O3. The van der Waals surface area contributed by atoms with Crippen LogP contribution in [0.4, 0.5) is 0 Å². The number of carbonyl (C=O) groups is 2. The van der Waals surface area contributed by atoms with Gasteiger partial charge in [0.15, 0.2) is 5.82 Å². The van der Waals surface area contributed by atoms with E-state index in [1.165, 1.54) is 0 Å². The molecule has 1 aliphatic carbocycles. The van der Waals surface area contributed by atoms with Gasteiger partial charge in [0, 0.05) is 36.1 Å². The lowest BCUT2D eigenvalue weighted by Gasteiger charge is -2.34. The summed E-state index contributed by atoms with van der Waals surface area (Å²) in [5.74, 6) is 1.27. The maximum Gasteiger partial charge on any atom is 0.273 e. The van der Waals surface area contributed by atoms with Crippen LogP contribution in [0.15, 0.2) is 22.7 Å². The van der Waals surface area contributed by atoms with Crippen LogP contribution in [0.1, 0.15) is 69.5 Å². The van der Waals surface area contributed by atoms with Gasteiger partial charge in [0.25, 0.3) is 11.8 Å². The third-order valence-electron chi connectivity index (χ3n) is 6.73. The van der Waals surface area contributed by atoms with E-state index in [4.69, 9.17) is 32.8 Å². The van der Waals surface area contributed by atoms with Crippen molar-refractivity contribution in [3.05, 3.63) is 62.5 Å². The number of rotatable bonds is 4. The van der Waals surface area contributed by atoms with E-state index in [2.05, 4.69) is 10.1 Å². The lowest BCUT2D eigenvalue weighted by Crippen LogP contribution is -2.44. The van der Waals surface area contributed by atoms with Crippen LogP contribution >= 0.6 is 23.2 Å². The third kappa shape index (κ3) is 3.67. The lowest BCUT2D eigenvalue weighted by molar-refractivity contribution is 0.0629. The van der Waals surface area contributed by atoms with Crippen molar-refractivity contribution in [2.24, 2.45) is 0 Å². The molecule has 0 radical (unpaired) electrons. The smallest absolute Gasteiger partial charge is 0.273 e. The first-order chi connectivity index (χ1) is 16.4. The summed E-state index contributed by atoms with van der Waals surface area (Å²) in [6.07, 6.45) is 2.75. The van der Waals surface area contributed by atoms with Crippen LogP contribution in [-0.2, 0) is 26.1 Å². The fourth-order valence-corrected chi connectivity index (χ4v) is 4.98. The number of aromatic nitrogens is 4. The molecule has 1 aromatic carbocycles. The Labute approximate surface area is 205 Å². The molecule has 11 heteroatoms. The SMILES string of the molecule is C[C@@H]1Cc2nn3c(c2CN1C(=O)c1ccc(Cl)c(Cl)c1)C(=O)N(Cc1nc(C2CC2)no1)CC3. The summed E-state index contributed by atoms with van der Waals surface area (Å²) in [5.41, 5.74) is 2.65. The Kier molecular flexibility index (Phi) is 5.14. The van der Waals surface area contributed by atoms with Gasteiger partial charge in [0.05, 0.1) is 28.8 Å². The quantitative estimate of drug-likeness (QED) is 0.541. The minimum atomic E-state index is -0.157. The van der Waals surface area contributed by atoms with Gasteiger partial charge >= 0.3 is 0 Å². The zero-order valence-corrected chi connectivity index (χ0v) is 20.0. The number of amides is 2. The maximum atomic E-state index is 13.5. The summed E-state index contributed by atoms with van der Waals surface area (Å²) in [6.45, 7) is 3.64. The van der Waals surface area contributed by atoms with Crippen molar-refractivity contribution in [3.63, 3.8) is 0 Å². The minimum absolute atomic E-state index is 0.0724. The Hall–Kier alpha value is -2.91. The van der Waals surface area contributed by atoms with E-state index in [1.807, 2.05) is 6.92 Å². The average molecular weight is 501 g/mol. The molecule has 3 aliphatic rings. The fourth-order valence-electron chi connectivity index (χ4n) is 4.68. The predicted molar refractivity (Wildman–Crippen MR) is 123 cm³/mol. The molecule has 0 spiro atoms. The maximum absolute atomic E-state index is 13.5. The van der Waals surface area contributed by atoms with Gasteiger partial charge in [0.2, 0.25) is 5.89 Å². The van der Waals surface area contributed by atoms with Crippen molar-refractivity contribution in [1.29, 1.82) is 0 Å². The van der Waals surface area contributed by atoms with E-state index >= 15 is 0 Å². The number of nitrogens with zero attached hydrogens (tertiary/aromatic N) is 6. The number of halogens is 2. The fraction of sp³-hybridized carbons (Fsp3) is 0.435. The van der Waals surface area contributed by atoms with Crippen LogP contribution in [0.25, 0.3) is 0 Å². The van der Waals surface area contributed by atoms with Crippen LogP contribution in [-0.4, -0.2) is 54.1 Å². The van der Waals surface area contributed by atoms with E-state index in [0.717, 1.165) is 29.9 Å². The molecule has 34 heavy (non-hydrogen) atoms. The molecule has 9 nitrogen and oxygen atoms in total. The zero-order chi connectivity index (χ0) is 23.6. The average Bonchev–Trinajstić information content (AvgIpc) is 3.45. The van der Waals surface area contributed by atoms with Gasteiger partial charge in [-0.15, -0.1) is 0 Å². The molecule has 0 unspecified atom stereocenters. The highest BCUT2D eigenvalue weighted by Gasteiger charge is 2.38. The Morgan fingerprint density at radius 3 is 2.79 bits per heavy atom. The Morgan fingerprint density at radius 2 is 2.03 bits per heavy atom. The lowest BCUT2D eigenvalue weighted by atomic mass is 9.97. The van der Waals surface area contributed by atoms with Crippen LogP contribution in [0.2, 0.25) is 10.0 Å². The second-order valence-electron chi connectivity index (χ2n) is 9.16. The summed E-state index contributed by atoms with van der Waals surface area (Å²) >= 11 is 12.1. The summed E-state index contributed by atoms with van der Waals surface area (Å²) in [7, 11) is 0. The molecule has 1 saturated carbocycles. The highest BCUT2D eigenvalue weighted by atomic mass is 35.5. The monoisotopic (exact) mass is 500 g/mol. The van der Waals surface area contributed by atoms with Gasteiger partial charge < -0.3 is 14.3 Å². The highest BCUT2D eigenvalue weighted by Crippen LogP contribution is 2.38. The van der Waals surface area contributed by atoms with Gasteiger partial charge in [-0.05, 0) is 38.0 Å². The first kappa shape index (κ1) is 21.6. The van der Waals surface area contributed by atoms with Crippen molar-refractivity contribution < 1.29 is 14.1 Å². The molecule has 4 heterocycles. The number of carbonyl (C=O) groups excluding carboxylic acids is 2. The van der Waals surface area contributed by atoms with Crippen molar-refractivity contribution in [1.82, 2.24) is 29.7 Å². The number of hydrogen-bond acceptors (Lipinski definition) is 6. The molecule has 0 saturated heterocycles. The number of benzene rings is 1. The van der Waals surface area contributed by atoms with Crippen molar-refractivity contribution >= 4 is 35.0 Å². The number of hydrogen-bond donors (Lipinski definition) is 0. The summed E-state index contributed by atoms with van der Waals surface area (Å²) in [4.78, 5) is 34.7. The molecule has 0 bridgehead atoms. The van der Waals surface area contributed by atoms with Crippen molar-refractivity contribution in [3.8, 4) is 0 Å². The normalized spacial score (nSPS) is 19.9. The molecule has 1 fully saturated rings. The largest absolute Gasteiger partial charge is 0.337 e. The van der Waals surface area contributed by atoms with Crippen molar-refractivity contribution in [2.45, 2.75) is 57.8 Å². The molecule has 2 aromatic heterocycles. The van der Waals surface area contributed by atoms with Gasteiger partial charge in [-0.3, -0.25) is 14.3 Å². The van der Waals surface area contributed by atoms with Gasteiger partial charge in [-0.25, -0.2) is 0 Å².